The molecule has 0 bridgehead atoms. The molecule has 2 unspecified atom stereocenters. The molecule has 4 nitrogen and oxygen atoms in total. The molecule has 0 aromatic heterocycles. The number of likely N-dealkylation sites (tertiary alicyclic amines) is 1. The highest BCUT2D eigenvalue weighted by molar-refractivity contribution is 5.42. The molecule has 110 valence electrons. The van der Waals surface area contributed by atoms with Gasteiger partial charge in [0.15, 0.2) is 11.5 Å². The van der Waals surface area contributed by atoms with Gasteiger partial charge in [-0.25, -0.2) is 0 Å². The number of rotatable bonds is 4. The lowest BCUT2D eigenvalue weighted by molar-refractivity contribution is 0.156. The Labute approximate surface area is 121 Å². The van der Waals surface area contributed by atoms with Crippen molar-refractivity contribution in [3.8, 4) is 11.5 Å². The predicted octanol–water partition coefficient (Wildman–Crippen LogP) is 1.89. The van der Waals surface area contributed by atoms with Crippen molar-refractivity contribution < 1.29 is 9.47 Å². The summed E-state index contributed by atoms with van der Waals surface area (Å²) < 4.78 is 10.7. The zero-order valence-corrected chi connectivity index (χ0v) is 12.4. The van der Waals surface area contributed by atoms with Crippen LogP contribution in [0.3, 0.4) is 0 Å². The highest BCUT2D eigenvalue weighted by atomic mass is 16.5. The van der Waals surface area contributed by atoms with Crippen LogP contribution in [0.15, 0.2) is 18.2 Å². The van der Waals surface area contributed by atoms with E-state index in [2.05, 4.69) is 22.3 Å². The van der Waals surface area contributed by atoms with Gasteiger partial charge in [-0.05, 0) is 49.5 Å². The summed E-state index contributed by atoms with van der Waals surface area (Å²) >= 11 is 0. The molecule has 20 heavy (non-hydrogen) atoms. The number of hydrogen-bond acceptors (Lipinski definition) is 4. The van der Waals surface area contributed by atoms with Gasteiger partial charge in [-0.3, -0.25) is 4.90 Å². The van der Waals surface area contributed by atoms with Crippen LogP contribution in [0.2, 0.25) is 0 Å². The molecule has 1 aromatic rings. The largest absolute Gasteiger partial charge is 0.493 e. The van der Waals surface area contributed by atoms with Crippen LogP contribution in [0.4, 0.5) is 0 Å². The number of nitrogens with zero attached hydrogens (tertiary/aromatic N) is 1. The topological polar surface area (TPSA) is 33.7 Å². The zero-order valence-electron chi connectivity index (χ0n) is 12.4. The number of piperidine rings is 1. The molecule has 2 heterocycles. The summed E-state index contributed by atoms with van der Waals surface area (Å²) in [7, 11) is 3.37. The molecule has 1 N–H and O–H groups in total. The van der Waals surface area contributed by atoms with Gasteiger partial charge in [-0.2, -0.15) is 0 Å². The summed E-state index contributed by atoms with van der Waals surface area (Å²) in [5.41, 5.74) is 1.30. The Balaban J connectivity index is 1.65. The molecule has 2 atom stereocenters. The summed E-state index contributed by atoms with van der Waals surface area (Å²) in [4.78, 5) is 2.56. The number of benzene rings is 1. The van der Waals surface area contributed by atoms with Crippen LogP contribution in [0.5, 0.6) is 11.5 Å². The molecular weight excluding hydrogens is 252 g/mol. The lowest BCUT2D eigenvalue weighted by Gasteiger charge is -2.34. The summed E-state index contributed by atoms with van der Waals surface area (Å²) in [5.74, 6) is 2.46. The Morgan fingerprint density at radius 3 is 2.85 bits per heavy atom. The Morgan fingerprint density at radius 1 is 1.20 bits per heavy atom. The van der Waals surface area contributed by atoms with Crippen LogP contribution in [-0.2, 0) is 6.54 Å². The third kappa shape index (κ3) is 2.76. The van der Waals surface area contributed by atoms with E-state index in [9.17, 15) is 0 Å². The highest BCUT2D eigenvalue weighted by Gasteiger charge is 2.32. The van der Waals surface area contributed by atoms with Gasteiger partial charge < -0.3 is 14.8 Å². The molecule has 2 saturated heterocycles. The normalized spacial score (nSPS) is 26.3. The second-order valence-corrected chi connectivity index (χ2v) is 5.82. The number of fused-ring (bicyclic) bond motifs is 1. The predicted molar refractivity (Wildman–Crippen MR) is 79.3 cm³/mol. The van der Waals surface area contributed by atoms with Crippen molar-refractivity contribution in [3.63, 3.8) is 0 Å². The molecule has 0 aliphatic carbocycles. The van der Waals surface area contributed by atoms with Gasteiger partial charge in [0.25, 0.3) is 0 Å². The second-order valence-electron chi connectivity index (χ2n) is 5.82. The molecule has 2 fully saturated rings. The van der Waals surface area contributed by atoms with Crippen LogP contribution >= 0.6 is 0 Å². The van der Waals surface area contributed by atoms with E-state index in [4.69, 9.17) is 9.47 Å². The average molecular weight is 276 g/mol. The van der Waals surface area contributed by atoms with E-state index in [1.165, 1.54) is 38.0 Å². The molecule has 0 amide bonds. The SMILES string of the molecule is COc1ccc(CN2CCC3NCCC3C2)cc1OC. The molecule has 3 rings (SSSR count). The average Bonchev–Trinajstić information content (AvgIpc) is 2.94. The van der Waals surface area contributed by atoms with Crippen molar-refractivity contribution in [2.24, 2.45) is 5.92 Å². The minimum absolute atomic E-state index is 0.761. The summed E-state index contributed by atoms with van der Waals surface area (Å²) in [6.45, 7) is 4.59. The van der Waals surface area contributed by atoms with Gasteiger partial charge >= 0.3 is 0 Å². The van der Waals surface area contributed by atoms with Crippen LogP contribution in [0.25, 0.3) is 0 Å². The van der Waals surface area contributed by atoms with E-state index >= 15 is 0 Å². The fourth-order valence-electron chi connectivity index (χ4n) is 3.50. The van der Waals surface area contributed by atoms with E-state index in [1.807, 2.05) is 6.07 Å². The van der Waals surface area contributed by atoms with E-state index < -0.39 is 0 Å². The van der Waals surface area contributed by atoms with Gasteiger partial charge in [0, 0.05) is 19.1 Å². The Hall–Kier alpha value is -1.26. The van der Waals surface area contributed by atoms with E-state index in [0.717, 1.165) is 30.0 Å². The van der Waals surface area contributed by atoms with E-state index in [0.29, 0.717) is 0 Å². The van der Waals surface area contributed by atoms with Crippen molar-refractivity contribution in [1.82, 2.24) is 10.2 Å². The first-order chi connectivity index (χ1) is 9.80. The maximum Gasteiger partial charge on any atom is 0.161 e. The third-order valence-corrected chi connectivity index (χ3v) is 4.59. The number of ether oxygens (including phenoxy) is 2. The summed E-state index contributed by atoms with van der Waals surface area (Å²) in [6.07, 6.45) is 2.60. The fourth-order valence-corrected chi connectivity index (χ4v) is 3.50. The van der Waals surface area contributed by atoms with E-state index in [-0.39, 0.29) is 0 Å². The molecule has 2 aliphatic heterocycles. The molecule has 4 heteroatoms. The van der Waals surface area contributed by atoms with Crippen molar-refractivity contribution in [2.45, 2.75) is 25.4 Å². The van der Waals surface area contributed by atoms with Crippen molar-refractivity contribution in [1.29, 1.82) is 0 Å². The zero-order chi connectivity index (χ0) is 13.9. The van der Waals surface area contributed by atoms with Gasteiger partial charge in [-0.15, -0.1) is 0 Å². The minimum Gasteiger partial charge on any atom is -0.493 e. The standard InChI is InChI=1S/C16H24N2O2/c1-19-15-4-3-12(9-16(15)20-2)10-18-8-6-14-13(11-18)5-7-17-14/h3-4,9,13-14,17H,5-8,10-11H2,1-2H3. The van der Waals surface area contributed by atoms with E-state index in [1.54, 1.807) is 14.2 Å². The Kier molecular flexibility index (Phi) is 4.13. The molecule has 2 aliphatic rings. The molecular formula is C16H24N2O2. The number of methoxy groups -OCH3 is 2. The number of nitrogens with one attached hydrogen (secondary N) is 1. The first-order valence-corrected chi connectivity index (χ1v) is 7.47. The fraction of sp³-hybridized carbons (Fsp3) is 0.625. The third-order valence-electron chi connectivity index (χ3n) is 4.59. The van der Waals surface area contributed by atoms with Gasteiger partial charge in [0.05, 0.1) is 14.2 Å². The highest BCUT2D eigenvalue weighted by Crippen LogP contribution is 2.30. The monoisotopic (exact) mass is 276 g/mol. The van der Waals surface area contributed by atoms with Gasteiger partial charge in [0.2, 0.25) is 0 Å². The van der Waals surface area contributed by atoms with Crippen LogP contribution < -0.4 is 14.8 Å². The lowest BCUT2D eigenvalue weighted by Crippen LogP contribution is -2.43. The maximum absolute atomic E-state index is 5.38. The summed E-state index contributed by atoms with van der Waals surface area (Å²) in [5, 5.41) is 3.61. The van der Waals surface area contributed by atoms with Crippen LogP contribution in [0, 0.1) is 5.92 Å². The molecule has 0 spiro atoms. The smallest absolute Gasteiger partial charge is 0.161 e. The molecule has 1 aromatic carbocycles. The van der Waals surface area contributed by atoms with Crippen LogP contribution in [-0.4, -0.2) is 44.8 Å². The quantitative estimate of drug-likeness (QED) is 0.910. The second kappa shape index (κ2) is 6.02. The maximum atomic E-state index is 5.38. The first kappa shape index (κ1) is 13.7. The summed E-state index contributed by atoms with van der Waals surface area (Å²) in [6, 6.07) is 6.99. The molecule has 0 radical (unpaired) electrons. The van der Waals surface area contributed by atoms with Crippen molar-refractivity contribution in [3.05, 3.63) is 23.8 Å². The number of hydrogen-bond donors (Lipinski definition) is 1. The van der Waals surface area contributed by atoms with Gasteiger partial charge in [0.1, 0.15) is 0 Å². The van der Waals surface area contributed by atoms with Gasteiger partial charge in [-0.1, -0.05) is 6.07 Å². The molecule has 0 saturated carbocycles. The Bertz CT molecular complexity index is 464. The van der Waals surface area contributed by atoms with Crippen LogP contribution in [0.1, 0.15) is 18.4 Å². The minimum atomic E-state index is 0.761. The lowest BCUT2D eigenvalue weighted by atomic mass is 9.93. The first-order valence-electron chi connectivity index (χ1n) is 7.47. The van der Waals surface area contributed by atoms with Crippen molar-refractivity contribution in [2.75, 3.05) is 33.9 Å². The van der Waals surface area contributed by atoms with Crippen molar-refractivity contribution >= 4 is 0 Å². The Morgan fingerprint density at radius 2 is 2.05 bits per heavy atom.